The second-order valence-electron chi connectivity index (χ2n) is 2.50. The lowest BCUT2D eigenvalue weighted by molar-refractivity contribution is -0.386. The van der Waals surface area contributed by atoms with Crippen LogP contribution in [0.15, 0.2) is 23.1 Å². The zero-order valence-electron chi connectivity index (χ0n) is 8.02. The maximum absolute atomic E-state index is 10.7. The van der Waals surface area contributed by atoms with Crippen molar-refractivity contribution >= 4 is 17.4 Å². The summed E-state index contributed by atoms with van der Waals surface area (Å²) in [5, 5.41) is 10.7. The highest BCUT2D eigenvalue weighted by atomic mass is 32.2. The van der Waals surface area contributed by atoms with E-state index in [1.165, 1.54) is 24.9 Å². The third kappa shape index (κ3) is 2.17. The van der Waals surface area contributed by atoms with Crippen molar-refractivity contribution in [3.8, 4) is 5.75 Å². The zero-order valence-corrected chi connectivity index (χ0v) is 8.84. The number of ether oxygens (including phenoxy) is 1. The standard InChI is InChI=1S/C9H11NO3S/c1-3-14-8-6-4-5-7(10(11)12)9(8)13-2/h4-6H,3H2,1-2H3. The monoisotopic (exact) mass is 213 g/mol. The normalized spacial score (nSPS) is 9.86. The van der Waals surface area contributed by atoms with Crippen molar-refractivity contribution in [2.24, 2.45) is 0 Å². The van der Waals surface area contributed by atoms with Crippen molar-refractivity contribution in [3.05, 3.63) is 28.3 Å². The molecule has 14 heavy (non-hydrogen) atoms. The summed E-state index contributed by atoms with van der Waals surface area (Å²) in [6.07, 6.45) is 0. The van der Waals surface area contributed by atoms with Gasteiger partial charge in [0.1, 0.15) is 0 Å². The van der Waals surface area contributed by atoms with Crippen LogP contribution < -0.4 is 4.74 Å². The van der Waals surface area contributed by atoms with Crippen LogP contribution in [0.2, 0.25) is 0 Å². The Morgan fingerprint density at radius 1 is 1.57 bits per heavy atom. The summed E-state index contributed by atoms with van der Waals surface area (Å²) in [5.41, 5.74) is 0.0194. The highest BCUT2D eigenvalue weighted by Gasteiger charge is 2.17. The summed E-state index contributed by atoms with van der Waals surface area (Å²) in [4.78, 5) is 11.0. The van der Waals surface area contributed by atoms with E-state index in [4.69, 9.17) is 4.74 Å². The number of methoxy groups -OCH3 is 1. The Morgan fingerprint density at radius 3 is 2.79 bits per heavy atom. The van der Waals surface area contributed by atoms with Gasteiger partial charge in [-0.3, -0.25) is 10.1 Å². The Morgan fingerprint density at radius 2 is 2.29 bits per heavy atom. The first-order valence-electron chi connectivity index (χ1n) is 4.15. The Kier molecular flexibility index (Phi) is 3.76. The van der Waals surface area contributed by atoms with Gasteiger partial charge in [-0.05, 0) is 11.8 Å². The third-order valence-electron chi connectivity index (χ3n) is 1.66. The van der Waals surface area contributed by atoms with Crippen molar-refractivity contribution in [2.75, 3.05) is 12.9 Å². The predicted octanol–water partition coefficient (Wildman–Crippen LogP) is 2.72. The third-order valence-corrected chi connectivity index (χ3v) is 2.58. The molecule has 4 nitrogen and oxygen atoms in total. The molecule has 0 aromatic heterocycles. The van der Waals surface area contributed by atoms with Gasteiger partial charge in [-0.2, -0.15) is 0 Å². The van der Waals surface area contributed by atoms with E-state index in [9.17, 15) is 10.1 Å². The molecule has 0 saturated heterocycles. The van der Waals surface area contributed by atoms with Gasteiger partial charge in [-0.15, -0.1) is 11.8 Å². The molecular formula is C9H11NO3S. The highest BCUT2D eigenvalue weighted by Crippen LogP contribution is 2.36. The largest absolute Gasteiger partial charge is 0.489 e. The SMILES string of the molecule is CCSc1cccc([N+](=O)[O-])c1OC. The van der Waals surface area contributed by atoms with E-state index in [-0.39, 0.29) is 5.69 Å². The first kappa shape index (κ1) is 10.8. The number of nitro groups is 1. The summed E-state index contributed by atoms with van der Waals surface area (Å²) >= 11 is 1.53. The number of nitrogens with zero attached hydrogens (tertiary/aromatic N) is 1. The van der Waals surface area contributed by atoms with E-state index in [0.717, 1.165) is 10.6 Å². The van der Waals surface area contributed by atoms with Crippen molar-refractivity contribution in [3.63, 3.8) is 0 Å². The molecule has 0 N–H and O–H groups in total. The first-order valence-corrected chi connectivity index (χ1v) is 5.13. The molecule has 5 heteroatoms. The van der Waals surface area contributed by atoms with Gasteiger partial charge < -0.3 is 4.74 Å². The lowest BCUT2D eigenvalue weighted by Gasteiger charge is -2.06. The van der Waals surface area contributed by atoms with Crippen molar-refractivity contribution in [1.29, 1.82) is 0 Å². The molecule has 0 heterocycles. The maximum Gasteiger partial charge on any atom is 0.312 e. The summed E-state index contributed by atoms with van der Waals surface area (Å²) in [5.74, 6) is 1.21. The fourth-order valence-corrected chi connectivity index (χ4v) is 1.93. The van der Waals surface area contributed by atoms with Gasteiger partial charge in [0.15, 0.2) is 0 Å². The van der Waals surface area contributed by atoms with Gasteiger partial charge in [-0.25, -0.2) is 0 Å². The van der Waals surface area contributed by atoms with Crippen LogP contribution in [0.3, 0.4) is 0 Å². The van der Waals surface area contributed by atoms with E-state index in [1.807, 2.05) is 13.0 Å². The molecule has 0 saturated carbocycles. The van der Waals surface area contributed by atoms with Gasteiger partial charge in [0.2, 0.25) is 5.75 Å². The number of para-hydroxylation sites is 1. The second-order valence-corrected chi connectivity index (χ2v) is 3.80. The average Bonchev–Trinajstić information content (AvgIpc) is 2.18. The molecule has 1 aromatic carbocycles. The lowest BCUT2D eigenvalue weighted by atomic mass is 10.3. The molecule has 0 aliphatic heterocycles. The van der Waals surface area contributed by atoms with Crippen LogP contribution in [-0.2, 0) is 0 Å². The molecule has 0 fully saturated rings. The summed E-state index contributed by atoms with van der Waals surface area (Å²) in [6.45, 7) is 1.99. The number of hydrogen-bond acceptors (Lipinski definition) is 4. The first-order chi connectivity index (χ1) is 6.70. The van der Waals surface area contributed by atoms with Crippen LogP contribution in [-0.4, -0.2) is 17.8 Å². The number of nitro benzene ring substituents is 1. The van der Waals surface area contributed by atoms with E-state index in [0.29, 0.717) is 5.75 Å². The van der Waals surface area contributed by atoms with Gasteiger partial charge >= 0.3 is 5.69 Å². The Hall–Kier alpha value is -1.23. The van der Waals surface area contributed by atoms with Crippen molar-refractivity contribution in [1.82, 2.24) is 0 Å². The molecule has 0 spiro atoms. The quantitative estimate of drug-likeness (QED) is 0.438. The van der Waals surface area contributed by atoms with E-state index in [1.54, 1.807) is 6.07 Å². The van der Waals surface area contributed by atoms with Gasteiger partial charge in [-0.1, -0.05) is 13.0 Å². The van der Waals surface area contributed by atoms with Crippen LogP contribution in [0.5, 0.6) is 5.75 Å². The molecule has 0 unspecified atom stereocenters. The molecule has 0 atom stereocenters. The smallest absolute Gasteiger partial charge is 0.312 e. The van der Waals surface area contributed by atoms with Crippen molar-refractivity contribution < 1.29 is 9.66 Å². The Balaban J connectivity index is 3.17. The Labute approximate surface area is 86.4 Å². The molecule has 0 aliphatic rings. The summed E-state index contributed by atoms with van der Waals surface area (Å²) < 4.78 is 5.03. The van der Waals surface area contributed by atoms with Gasteiger partial charge in [0.05, 0.1) is 16.9 Å². The number of hydrogen-bond donors (Lipinski definition) is 0. The van der Waals surface area contributed by atoms with E-state index < -0.39 is 4.92 Å². The summed E-state index contributed by atoms with van der Waals surface area (Å²) in [6, 6.07) is 4.93. The fraction of sp³-hybridized carbons (Fsp3) is 0.333. The van der Waals surface area contributed by atoms with E-state index >= 15 is 0 Å². The minimum absolute atomic E-state index is 0.0194. The highest BCUT2D eigenvalue weighted by molar-refractivity contribution is 7.99. The number of benzene rings is 1. The number of thioether (sulfide) groups is 1. The summed E-state index contributed by atoms with van der Waals surface area (Å²) in [7, 11) is 1.45. The molecular weight excluding hydrogens is 202 g/mol. The van der Waals surface area contributed by atoms with Crippen LogP contribution in [0.4, 0.5) is 5.69 Å². The Bertz CT molecular complexity index is 341. The van der Waals surface area contributed by atoms with E-state index in [2.05, 4.69) is 0 Å². The minimum Gasteiger partial charge on any atom is -0.489 e. The van der Waals surface area contributed by atoms with Gasteiger partial charge in [0, 0.05) is 6.07 Å². The number of rotatable bonds is 4. The van der Waals surface area contributed by atoms with Crippen molar-refractivity contribution in [2.45, 2.75) is 11.8 Å². The lowest BCUT2D eigenvalue weighted by Crippen LogP contribution is -1.95. The van der Waals surface area contributed by atoms with Crippen LogP contribution in [0.25, 0.3) is 0 Å². The zero-order chi connectivity index (χ0) is 10.6. The average molecular weight is 213 g/mol. The second kappa shape index (κ2) is 4.85. The maximum atomic E-state index is 10.7. The molecule has 0 radical (unpaired) electrons. The van der Waals surface area contributed by atoms with Crippen LogP contribution in [0.1, 0.15) is 6.92 Å². The topological polar surface area (TPSA) is 52.4 Å². The molecule has 76 valence electrons. The van der Waals surface area contributed by atoms with Crippen LogP contribution >= 0.6 is 11.8 Å². The molecule has 0 aliphatic carbocycles. The molecule has 1 rings (SSSR count). The van der Waals surface area contributed by atoms with Gasteiger partial charge in [0.25, 0.3) is 0 Å². The molecule has 1 aromatic rings. The van der Waals surface area contributed by atoms with Crippen LogP contribution in [0, 0.1) is 10.1 Å². The minimum atomic E-state index is -0.432. The fourth-order valence-electron chi connectivity index (χ4n) is 1.12. The predicted molar refractivity (Wildman–Crippen MR) is 56.0 cm³/mol. The molecule has 0 amide bonds. The molecule has 0 bridgehead atoms.